The molecule has 0 fully saturated rings. The van der Waals surface area contributed by atoms with E-state index < -0.39 is 0 Å². The molecule has 8 nitrogen and oxygen atoms in total. The number of aromatic nitrogens is 2. The Labute approximate surface area is 159 Å². The number of nitrogens with one attached hydrogen (secondary N) is 1. The second-order valence-corrected chi connectivity index (χ2v) is 5.98. The van der Waals surface area contributed by atoms with Gasteiger partial charge in [0.2, 0.25) is 0 Å². The highest BCUT2D eigenvalue weighted by Gasteiger charge is 2.12. The van der Waals surface area contributed by atoms with Gasteiger partial charge in [-0.2, -0.15) is 5.10 Å². The fraction of sp³-hybridized carbons (Fsp3) is 0.421. The van der Waals surface area contributed by atoms with Gasteiger partial charge in [0.1, 0.15) is 0 Å². The van der Waals surface area contributed by atoms with E-state index in [0.29, 0.717) is 23.8 Å². The highest BCUT2D eigenvalue weighted by molar-refractivity contribution is 5.92. The van der Waals surface area contributed by atoms with Crippen LogP contribution in [0.25, 0.3) is 0 Å². The van der Waals surface area contributed by atoms with Gasteiger partial charge in [0.25, 0.3) is 5.91 Å². The van der Waals surface area contributed by atoms with Crippen LogP contribution in [0.5, 0.6) is 11.5 Å². The molecular weight excluding hydrogens is 348 g/mol. The Kier molecular flexibility index (Phi) is 7.22. The molecule has 2 aromatic rings. The van der Waals surface area contributed by atoms with Gasteiger partial charge in [-0.1, -0.05) is 12.1 Å². The maximum Gasteiger partial charge on any atom is 0.265 e. The number of benzene rings is 1. The van der Waals surface area contributed by atoms with E-state index in [-0.39, 0.29) is 12.5 Å². The van der Waals surface area contributed by atoms with Crippen molar-refractivity contribution in [2.45, 2.75) is 27.2 Å². The molecule has 0 aliphatic rings. The lowest BCUT2D eigenvalue weighted by Gasteiger charge is -2.10. The van der Waals surface area contributed by atoms with Gasteiger partial charge >= 0.3 is 0 Å². The summed E-state index contributed by atoms with van der Waals surface area (Å²) >= 11 is 0. The Morgan fingerprint density at radius 1 is 1.33 bits per heavy atom. The number of methoxy groups -OCH3 is 1. The SMILES string of the molecule is CCCOc1ccc(/C=N\OCC(=O)Nc2c(C)nn(C)c2C)cc1OC. The van der Waals surface area contributed by atoms with Crippen molar-refractivity contribution >= 4 is 17.8 Å². The summed E-state index contributed by atoms with van der Waals surface area (Å²) in [6.07, 6.45) is 2.43. The molecule has 1 amide bonds. The number of aryl methyl sites for hydroxylation is 2. The average Bonchev–Trinajstić information content (AvgIpc) is 2.90. The molecule has 0 aliphatic heterocycles. The van der Waals surface area contributed by atoms with Crippen LogP contribution in [0.3, 0.4) is 0 Å². The molecule has 0 atom stereocenters. The zero-order valence-corrected chi connectivity index (χ0v) is 16.4. The van der Waals surface area contributed by atoms with E-state index in [1.807, 2.05) is 40.0 Å². The van der Waals surface area contributed by atoms with Gasteiger partial charge in [0.05, 0.1) is 37.0 Å². The Balaban J connectivity index is 1.89. The predicted molar refractivity (Wildman–Crippen MR) is 104 cm³/mol. The van der Waals surface area contributed by atoms with E-state index >= 15 is 0 Å². The minimum absolute atomic E-state index is 0.195. The van der Waals surface area contributed by atoms with Crippen LogP contribution in [0.15, 0.2) is 23.4 Å². The molecule has 0 saturated heterocycles. The Hall–Kier alpha value is -3.03. The van der Waals surface area contributed by atoms with Gasteiger partial charge in [0, 0.05) is 12.6 Å². The molecule has 146 valence electrons. The van der Waals surface area contributed by atoms with Crippen LogP contribution in [0.2, 0.25) is 0 Å². The molecule has 2 rings (SSSR count). The number of carbonyl (C=O) groups is 1. The summed E-state index contributed by atoms with van der Waals surface area (Å²) in [5.74, 6) is 0.999. The van der Waals surface area contributed by atoms with Crippen molar-refractivity contribution in [2.75, 3.05) is 25.6 Å². The summed E-state index contributed by atoms with van der Waals surface area (Å²) in [5.41, 5.74) is 3.10. The van der Waals surface area contributed by atoms with Gasteiger partial charge < -0.3 is 19.6 Å². The summed E-state index contributed by atoms with van der Waals surface area (Å²) in [7, 11) is 3.41. The monoisotopic (exact) mass is 374 g/mol. The van der Waals surface area contributed by atoms with E-state index in [2.05, 4.69) is 15.6 Å². The lowest BCUT2D eigenvalue weighted by molar-refractivity contribution is -0.120. The molecule has 0 radical (unpaired) electrons. The fourth-order valence-corrected chi connectivity index (χ4v) is 2.42. The maximum absolute atomic E-state index is 12.0. The van der Waals surface area contributed by atoms with E-state index in [1.54, 1.807) is 17.9 Å². The number of carbonyl (C=O) groups excluding carboxylic acids is 1. The first kappa shape index (κ1) is 20.3. The normalized spacial score (nSPS) is 10.9. The molecule has 0 saturated carbocycles. The number of anilines is 1. The zero-order valence-electron chi connectivity index (χ0n) is 16.4. The Morgan fingerprint density at radius 3 is 2.74 bits per heavy atom. The third-order valence-electron chi connectivity index (χ3n) is 3.89. The number of rotatable bonds is 9. The Bertz CT molecular complexity index is 814. The molecule has 1 N–H and O–H groups in total. The van der Waals surface area contributed by atoms with Crippen molar-refractivity contribution in [1.82, 2.24) is 9.78 Å². The van der Waals surface area contributed by atoms with Crippen LogP contribution in [0, 0.1) is 13.8 Å². The summed E-state index contributed by atoms with van der Waals surface area (Å²) in [6, 6.07) is 5.44. The summed E-state index contributed by atoms with van der Waals surface area (Å²) in [4.78, 5) is 17.1. The molecular formula is C19H26N4O4. The number of amides is 1. The van der Waals surface area contributed by atoms with Crippen LogP contribution in [-0.4, -0.2) is 42.2 Å². The molecule has 8 heteroatoms. The quantitative estimate of drug-likeness (QED) is 0.539. The van der Waals surface area contributed by atoms with Crippen LogP contribution in [-0.2, 0) is 16.7 Å². The second kappa shape index (κ2) is 9.61. The first-order valence-electron chi connectivity index (χ1n) is 8.72. The number of ether oxygens (including phenoxy) is 2. The summed E-state index contributed by atoms with van der Waals surface area (Å²) in [6.45, 7) is 6.19. The largest absolute Gasteiger partial charge is 0.493 e. The van der Waals surface area contributed by atoms with Crippen molar-refractivity contribution in [3.63, 3.8) is 0 Å². The van der Waals surface area contributed by atoms with Crippen LogP contribution in [0.1, 0.15) is 30.3 Å². The lowest BCUT2D eigenvalue weighted by Crippen LogP contribution is -2.18. The predicted octanol–water partition coefficient (Wildman–Crippen LogP) is 2.82. The molecule has 0 aliphatic carbocycles. The summed E-state index contributed by atoms with van der Waals surface area (Å²) < 4.78 is 12.6. The van der Waals surface area contributed by atoms with Gasteiger partial charge in [-0.3, -0.25) is 9.48 Å². The average molecular weight is 374 g/mol. The molecule has 27 heavy (non-hydrogen) atoms. The molecule has 1 aromatic heterocycles. The van der Waals surface area contributed by atoms with Crippen LogP contribution < -0.4 is 14.8 Å². The Morgan fingerprint density at radius 2 is 2.11 bits per heavy atom. The molecule has 0 spiro atoms. The van der Waals surface area contributed by atoms with Crippen LogP contribution >= 0.6 is 0 Å². The molecule has 0 unspecified atom stereocenters. The number of hydrogen-bond donors (Lipinski definition) is 1. The van der Waals surface area contributed by atoms with Crippen LogP contribution in [0.4, 0.5) is 5.69 Å². The van der Waals surface area contributed by atoms with Crippen molar-refractivity contribution < 1.29 is 19.1 Å². The van der Waals surface area contributed by atoms with Gasteiger partial charge in [-0.25, -0.2) is 0 Å². The minimum Gasteiger partial charge on any atom is -0.493 e. The third kappa shape index (κ3) is 5.47. The third-order valence-corrected chi connectivity index (χ3v) is 3.89. The van der Waals surface area contributed by atoms with E-state index in [1.165, 1.54) is 6.21 Å². The summed E-state index contributed by atoms with van der Waals surface area (Å²) in [5, 5.41) is 10.9. The van der Waals surface area contributed by atoms with Crippen molar-refractivity contribution in [3.8, 4) is 11.5 Å². The zero-order chi connectivity index (χ0) is 19.8. The number of hydrogen-bond acceptors (Lipinski definition) is 6. The maximum atomic E-state index is 12.0. The highest BCUT2D eigenvalue weighted by Crippen LogP contribution is 2.27. The molecule has 1 heterocycles. The topological polar surface area (TPSA) is 87.0 Å². The fourth-order valence-electron chi connectivity index (χ4n) is 2.42. The standard InChI is InChI=1S/C19H26N4O4/c1-6-9-26-16-8-7-15(10-17(16)25-5)11-20-27-12-18(24)21-19-13(2)22-23(4)14(19)3/h7-8,10-11H,6,9,12H2,1-5H3,(H,21,24)/b20-11-. The van der Waals surface area contributed by atoms with Crippen molar-refractivity contribution in [3.05, 3.63) is 35.2 Å². The van der Waals surface area contributed by atoms with Gasteiger partial charge in [0.15, 0.2) is 18.1 Å². The molecule has 1 aromatic carbocycles. The van der Waals surface area contributed by atoms with Gasteiger partial charge in [-0.05, 0) is 38.5 Å². The number of nitrogens with zero attached hydrogens (tertiary/aromatic N) is 3. The first-order valence-corrected chi connectivity index (χ1v) is 8.72. The lowest BCUT2D eigenvalue weighted by atomic mass is 10.2. The number of oxime groups is 1. The van der Waals surface area contributed by atoms with E-state index in [4.69, 9.17) is 14.3 Å². The first-order chi connectivity index (χ1) is 13.0. The van der Waals surface area contributed by atoms with Crippen molar-refractivity contribution in [1.29, 1.82) is 0 Å². The minimum atomic E-state index is -0.299. The smallest absolute Gasteiger partial charge is 0.265 e. The van der Waals surface area contributed by atoms with Gasteiger partial charge in [-0.15, -0.1) is 0 Å². The van der Waals surface area contributed by atoms with Crippen molar-refractivity contribution in [2.24, 2.45) is 12.2 Å². The second-order valence-electron chi connectivity index (χ2n) is 5.98. The van der Waals surface area contributed by atoms with E-state index in [9.17, 15) is 4.79 Å². The highest BCUT2D eigenvalue weighted by atomic mass is 16.6. The molecule has 0 bridgehead atoms. The van der Waals surface area contributed by atoms with E-state index in [0.717, 1.165) is 23.4 Å².